The third kappa shape index (κ3) is 2.84. The van der Waals surface area contributed by atoms with Crippen LogP contribution in [0.5, 0.6) is 11.5 Å². The summed E-state index contributed by atoms with van der Waals surface area (Å²) in [7, 11) is 3.18. The molecule has 1 aromatic heterocycles. The lowest BCUT2D eigenvalue weighted by Gasteiger charge is -2.19. The molecule has 1 aromatic carbocycles. The normalized spacial score (nSPS) is 18.5. The summed E-state index contributed by atoms with van der Waals surface area (Å²) in [6, 6.07) is 5.48. The Morgan fingerprint density at radius 3 is 2.81 bits per heavy atom. The van der Waals surface area contributed by atoms with E-state index in [0.717, 1.165) is 12.1 Å². The fourth-order valence-electron chi connectivity index (χ4n) is 2.18. The van der Waals surface area contributed by atoms with Gasteiger partial charge in [-0.25, -0.2) is 0 Å². The summed E-state index contributed by atoms with van der Waals surface area (Å²) in [5.41, 5.74) is 0.798. The van der Waals surface area contributed by atoms with Crippen molar-refractivity contribution in [1.29, 1.82) is 0 Å². The second-order valence-electron chi connectivity index (χ2n) is 4.59. The van der Waals surface area contributed by atoms with Gasteiger partial charge in [0, 0.05) is 18.7 Å². The Morgan fingerprint density at radius 1 is 1.24 bits per heavy atom. The highest BCUT2D eigenvalue weighted by molar-refractivity contribution is 5.60. The van der Waals surface area contributed by atoms with Crippen molar-refractivity contribution in [2.75, 3.05) is 33.9 Å². The van der Waals surface area contributed by atoms with E-state index in [0.29, 0.717) is 36.4 Å². The molecule has 3 rings (SSSR count). The van der Waals surface area contributed by atoms with Crippen LogP contribution >= 0.6 is 0 Å². The highest BCUT2D eigenvalue weighted by Gasteiger charge is 2.22. The number of ether oxygens (including phenoxy) is 3. The molecule has 1 N–H and O–H groups in total. The smallest absolute Gasteiger partial charge is 0.257 e. The average molecular weight is 291 g/mol. The fourth-order valence-corrected chi connectivity index (χ4v) is 2.18. The molecule has 0 radical (unpaired) electrons. The van der Waals surface area contributed by atoms with Gasteiger partial charge in [0.15, 0.2) is 11.5 Å². The Morgan fingerprint density at radius 2 is 2.10 bits per heavy atom. The van der Waals surface area contributed by atoms with Gasteiger partial charge in [-0.2, -0.15) is 4.98 Å². The van der Waals surface area contributed by atoms with E-state index >= 15 is 0 Å². The number of benzene rings is 1. The van der Waals surface area contributed by atoms with Crippen molar-refractivity contribution in [1.82, 2.24) is 15.5 Å². The minimum atomic E-state index is -0.194. The van der Waals surface area contributed by atoms with Crippen LogP contribution in [0, 0.1) is 0 Å². The summed E-state index contributed by atoms with van der Waals surface area (Å²) in [5.74, 6) is 2.26. The predicted octanol–water partition coefficient (Wildman–Crippen LogP) is 1.41. The first-order chi connectivity index (χ1) is 10.3. The van der Waals surface area contributed by atoms with E-state index in [1.165, 1.54) is 0 Å². The zero-order valence-electron chi connectivity index (χ0n) is 12.0. The van der Waals surface area contributed by atoms with Gasteiger partial charge >= 0.3 is 0 Å². The quantitative estimate of drug-likeness (QED) is 0.912. The third-order valence-electron chi connectivity index (χ3n) is 3.29. The lowest BCUT2D eigenvalue weighted by Crippen LogP contribution is -2.33. The SMILES string of the molecule is COc1ccc(-c2noc([C@@H]3CNCCO3)n2)cc1OC. The molecular formula is C14H17N3O4. The zero-order valence-corrected chi connectivity index (χ0v) is 12.0. The molecule has 0 unspecified atom stereocenters. The Bertz CT molecular complexity index is 608. The fraction of sp³-hybridized carbons (Fsp3) is 0.429. The molecular weight excluding hydrogens is 274 g/mol. The van der Waals surface area contributed by atoms with Crippen molar-refractivity contribution in [2.45, 2.75) is 6.10 Å². The number of methoxy groups -OCH3 is 2. The second-order valence-corrected chi connectivity index (χ2v) is 4.59. The second kappa shape index (κ2) is 6.11. The maximum atomic E-state index is 5.59. The molecule has 2 aromatic rings. The molecule has 7 heteroatoms. The van der Waals surface area contributed by atoms with Gasteiger partial charge in [-0.05, 0) is 18.2 Å². The van der Waals surface area contributed by atoms with E-state index in [-0.39, 0.29) is 6.10 Å². The Kier molecular flexibility index (Phi) is 4.03. The predicted molar refractivity (Wildman–Crippen MR) is 74.4 cm³/mol. The van der Waals surface area contributed by atoms with Gasteiger partial charge in [0.05, 0.1) is 20.8 Å². The van der Waals surface area contributed by atoms with Gasteiger partial charge in [0.1, 0.15) is 6.10 Å². The average Bonchev–Trinajstić information content (AvgIpc) is 3.05. The maximum Gasteiger partial charge on any atom is 0.257 e. The first kappa shape index (κ1) is 13.8. The number of hydrogen-bond donors (Lipinski definition) is 1. The molecule has 1 aliphatic rings. The van der Waals surface area contributed by atoms with Crippen molar-refractivity contribution in [2.24, 2.45) is 0 Å². The number of nitrogens with zero attached hydrogens (tertiary/aromatic N) is 2. The van der Waals surface area contributed by atoms with E-state index in [4.69, 9.17) is 18.7 Å². The number of hydrogen-bond acceptors (Lipinski definition) is 7. The van der Waals surface area contributed by atoms with Crippen LogP contribution in [0.4, 0.5) is 0 Å². The third-order valence-corrected chi connectivity index (χ3v) is 3.29. The van der Waals surface area contributed by atoms with Crippen molar-refractivity contribution < 1.29 is 18.7 Å². The number of rotatable bonds is 4. The number of nitrogens with one attached hydrogen (secondary N) is 1. The van der Waals surface area contributed by atoms with Crippen LogP contribution in [0.2, 0.25) is 0 Å². The lowest BCUT2D eigenvalue weighted by atomic mass is 10.2. The molecule has 0 spiro atoms. The zero-order chi connectivity index (χ0) is 14.7. The first-order valence-electron chi connectivity index (χ1n) is 6.70. The van der Waals surface area contributed by atoms with Gasteiger partial charge < -0.3 is 24.1 Å². The van der Waals surface area contributed by atoms with Crippen LogP contribution in [0.15, 0.2) is 22.7 Å². The molecule has 1 aliphatic heterocycles. The monoisotopic (exact) mass is 291 g/mol. The molecule has 1 fully saturated rings. The van der Waals surface area contributed by atoms with E-state index < -0.39 is 0 Å². The minimum absolute atomic E-state index is 0.194. The van der Waals surface area contributed by atoms with Gasteiger partial charge in [0.2, 0.25) is 5.82 Å². The van der Waals surface area contributed by atoms with Crippen molar-refractivity contribution in [3.8, 4) is 22.9 Å². The number of morpholine rings is 1. The summed E-state index contributed by atoms with van der Waals surface area (Å²) in [6.45, 7) is 2.15. The minimum Gasteiger partial charge on any atom is -0.493 e. The Hall–Kier alpha value is -2.12. The maximum absolute atomic E-state index is 5.59. The molecule has 0 bridgehead atoms. The van der Waals surface area contributed by atoms with Gasteiger partial charge in [0.25, 0.3) is 5.89 Å². The van der Waals surface area contributed by atoms with Gasteiger partial charge in [-0.15, -0.1) is 0 Å². The van der Waals surface area contributed by atoms with Crippen molar-refractivity contribution in [3.05, 3.63) is 24.1 Å². The molecule has 0 saturated carbocycles. The van der Waals surface area contributed by atoms with Crippen LogP contribution in [0.3, 0.4) is 0 Å². The highest BCUT2D eigenvalue weighted by atomic mass is 16.5. The van der Waals surface area contributed by atoms with E-state index in [1.54, 1.807) is 14.2 Å². The molecule has 21 heavy (non-hydrogen) atoms. The molecule has 0 aliphatic carbocycles. The molecule has 0 amide bonds. The van der Waals surface area contributed by atoms with Crippen LogP contribution in [-0.2, 0) is 4.74 Å². The topological polar surface area (TPSA) is 78.6 Å². The van der Waals surface area contributed by atoms with E-state index in [9.17, 15) is 0 Å². The Labute approximate surface area is 122 Å². The van der Waals surface area contributed by atoms with Crippen LogP contribution in [0.25, 0.3) is 11.4 Å². The van der Waals surface area contributed by atoms with Crippen LogP contribution < -0.4 is 14.8 Å². The van der Waals surface area contributed by atoms with E-state index in [1.807, 2.05) is 18.2 Å². The van der Waals surface area contributed by atoms with Crippen molar-refractivity contribution in [3.63, 3.8) is 0 Å². The van der Waals surface area contributed by atoms with Crippen LogP contribution in [0.1, 0.15) is 12.0 Å². The largest absolute Gasteiger partial charge is 0.493 e. The highest BCUT2D eigenvalue weighted by Crippen LogP contribution is 2.31. The first-order valence-corrected chi connectivity index (χ1v) is 6.70. The van der Waals surface area contributed by atoms with Gasteiger partial charge in [-0.3, -0.25) is 0 Å². The van der Waals surface area contributed by atoms with Crippen LogP contribution in [-0.4, -0.2) is 44.1 Å². The molecule has 7 nitrogen and oxygen atoms in total. The lowest BCUT2D eigenvalue weighted by molar-refractivity contribution is 0.00755. The summed E-state index contributed by atoms with van der Waals surface area (Å²) in [5, 5.41) is 7.23. The standard InChI is InChI=1S/C14H17N3O4/c1-18-10-4-3-9(7-11(10)19-2)13-16-14(21-17-13)12-8-15-5-6-20-12/h3-4,7,12,15H,5-6,8H2,1-2H3/t12-/m0/s1. The summed E-state index contributed by atoms with van der Waals surface area (Å²) in [4.78, 5) is 4.40. The summed E-state index contributed by atoms with van der Waals surface area (Å²) in [6.07, 6.45) is -0.194. The number of aromatic nitrogens is 2. The summed E-state index contributed by atoms with van der Waals surface area (Å²) >= 11 is 0. The van der Waals surface area contributed by atoms with Crippen molar-refractivity contribution >= 4 is 0 Å². The van der Waals surface area contributed by atoms with Gasteiger partial charge in [-0.1, -0.05) is 5.16 Å². The molecule has 1 saturated heterocycles. The molecule has 112 valence electrons. The van der Waals surface area contributed by atoms with E-state index in [2.05, 4.69) is 15.5 Å². The Balaban J connectivity index is 1.85. The molecule has 2 heterocycles. The summed E-state index contributed by atoms with van der Waals surface area (Å²) < 4.78 is 21.4. The molecule has 1 atom stereocenters.